The van der Waals surface area contributed by atoms with Crippen LogP contribution in [0.4, 0.5) is 0 Å². The van der Waals surface area contributed by atoms with Crippen LogP contribution in [-0.4, -0.2) is 54.5 Å². The van der Waals surface area contributed by atoms with E-state index in [0.717, 1.165) is 38.3 Å². The number of hydrogen-bond acceptors (Lipinski definition) is 6. The van der Waals surface area contributed by atoms with Gasteiger partial charge in [-0.05, 0) is 25.7 Å². The lowest BCUT2D eigenvalue weighted by molar-refractivity contribution is 0.0380. The van der Waals surface area contributed by atoms with Crippen molar-refractivity contribution in [3.8, 4) is 0 Å². The quantitative estimate of drug-likeness (QED) is 0.568. The van der Waals surface area contributed by atoms with Crippen LogP contribution in [0.2, 0.25) is 0 Å². The van der Waals surface area contributed by atoms with Crippen molar-refractivity contribution in [2.45, 2.75) is 26.3 Å². The second kappa shape index (κ2) is 7.35. The first-order valence-electron chi connectivity index (χ1n) is 6.86. The van der Waals surface area contributed by atoms with Gasteiger partial charge < -0.3 is 14.2 Å². The summed E-state index contributed by atoms with van der Waals surface area (Å²) in [5.74, 6) is 0.0827. The Morgan fingerprint density at radius 3 is 2.85 bits per heavy atom. The average molecular weight is 283 g/mol. The summed E-state index contributed by atoms with van der Waals surface area (Å²) in [6, 6.07) is 0. The van der Waals surface area contributed by atoms with Crippen molar-refractivity contribution in [2.75, 3.05) is 33.5 Å². The minimum absolute atomic E-state index is 0.224. The van der Waals surface area contributed by atoms with Gasteiger partial charge in [0, 0.05) is 26.9 Å². The first-order chi connectivity index (χ1) is 9.72. The maximum absolute atomic E-state index is 11.8. The van der Waals surface area contributed by atoms with Crippen LogP contribution >= 0.6 is 0 Å². The van der Waals surface area contributed by atoms with Crippen LogP contribution in [0.5, 0.6) is 0 Å². The Morgan fingerprint density at radius 2 is 2.15 bits per heavy atom. The van der Waals surface area contributed by atoms with Crippen LogP contribution in [0, 0.1) is 12.8 Å². The number of carbonyl (C=O) groups excluding carboxylic acids is 1. The van der Waals surface area contributed by atoms with Crippen LogP contribution in [0.25, 0.3) is 0 Å². The van der Waals surface area contributed by atoms with E-state index < -0.39 is 5.97 Å². The average Bonchev–Trinajstić information content (AvgIpc) is 2.82. The fraction of sp³-hybridized carbons (Fsp3) is 0.769. The molecule has 1 aliphatic heterocycles. The highest BCUT2D eigenvalue weighted by molar-refractivity contribution is 5.88. The largest absolute Gasteiger partial charge is 0.458 e. The highest BCUT2D eigenvalue weighted by Gasteiger charge is 2.21. The predicted molar refractivity (Wildman–Crippen MR) is 70.5 cm³/mol. The molecule has 1 aromatic heterocycles. The van der Waals surface area contributed by atoms with Gasteiger partial charge in [-0.3, -0.25) is 0 Å². The fourth-order valence-electron chi connectivity index (χ4n) is 2.18. The van der Waals surface area contributed by atoms with Gasteiger partial charge in [0.15, 0.2) is 5.69 Å². The summed E-state index contributed by atoms with van der Waals surface area (Å²) in [5.41, 5.74) is 1.03. The Kier molecular flexibility index (Phi) is 5.49. The van der Waals surface area contributed by atoms with Crippen LogP contribution < -0.4 is 0 Å². The lowest BCUT2D eigenvalue weighted by atomic mass is 10.0. The molecule has 1 saturated heterocycles. The first-order valence-corrected chi connectivity index (χ1v) is 6.86. The molecule has 7 heteroatoms. The number of aromatic nitrogens is 3. The molecule has 1 aliphatic rings. The molecule has 0 amide bonds. The van der Waals surface area contributed by atoms with Gasteiger partial charge in [-0.1, -0.05) is 5.21 Å². The summed E-state index contributed by atoms with van der Waals surface area (Å²) in [5, 5.41) is 7.98. The maximum Gasteiger partial charge on any atom is 0.360 e. The van der Waals surface area contributed by atoms with Gasteiger partial charge >= 0.3 is 5.97 Å². The van der Waals surface area contributed by atoms with E-state index in [1.807, 2.05) is 6.92 Å². The molecule has 0 aromatic carbocycles. The van der Waals surface area contributed by atoms with Gasteiger partial charge in [-0.15, -0.1) is 5.10 Å². The molecule has 0 bridgehead atoms. The van der Waals surface area contributed by atoms with Gasteiger partial charge in [0.25, 0.3) is 0 Å². The molecule has 1 fully saturated rings. The molecular formula is C13H21N3O4. The van der Waals surface area contributed by atoms with Gasteiger partial charge in [-0.2, -0.15) is 0 Å². The van der Waals surface area contributed by atoms with Crippen molar-refractivity contribution in [3.63, 3.8) is 0 Å². The van der Waals surface area contributed by atoms with Crippen molar-refractivity contribution in [1.29, 1.82) is 0 Å². The Hall–Kier alpha value is -1.47. The van der Waals surface area contributed by atoms with Crippen LogP contribution in [-0.2, 0) is 20.8 Å². The third-order valence-corrected chi connectivity index (χ3v) is 3.47. The Morgan fingerprint density at radius 1 is 1.40 bits per heavy atom. The fourth-order valence-corrected chi connectivity index (χ4v) is 2.18. The molecule has 0 N–H and O–H groups in total. The van der Waals surface area contributed by atoms with E-state index >= 15 is 0 Å². The highest BCUT2D eigenvalue weighted by Crippen LogP contribution is 2.18. The lowest BCUT2D eigenvalue weighted by Crippen LogP contribution is -2.21. The Bertz CT molecular complexity index is 441. The van der Waals surface area contributed by atoms with Crippen molar-refractivity contribution < 1.29 is 19.0 Å². The topological polar surface area (TPSA) is 75.5 Å². The maximum atomic E-state index is 11.8. The molecule has 0 radical (unpaired) electrons. The molecule has 112 valence electrons. The number of carbonyl (C=O) groups is 1. The molecule has 0 atom stereocenters. The SMILES string of the molecule is COCCOC(=O)c1nnn(CC2CCOCC2)c1C. The molecule has 0 spiro atoms. The smallest absolute Gasteiger partial charge is 0.360 e. The number of rotatable bonds is 6. The Balaban J connectivity index is 1.93. The summed E-state index contributed by atoms with van der Waals surface area (Å²) in [7, 11) is 1.56. The molecule has 7 nitrogen and oxygen atoms in total. The van der Waals surface area contributed by atoms with Crippen LogP contribution in [0.15, 0.2) is 0 Å². The molecular weight excluding hydrogens is 262 g/mol. The molecule has 2 heterocycles. The van der Waals surface area contributed by atoms with E-state index in [2.05, 4.69) is 10.3 Å². The van der Waals surface area contributed by atoms with E-state index in [1.54, 1.807) is 11.8 Å². The molecule has 1 aromatic rings. The van der Waals surface area contributed by atoms with E-state index in [1.165, 1.54) is 0 Å². The summed E-state index contributed by atoms with van der Waals surface area (Å²) < 4.78 is 17.0. The second-order valence-electron chi connectivity index (χ2n) is 4.89. The molecule has 0 saturated carbocycles. The van der Waals surface area contributed by atoms with Crippen molar-refractivity contribution in [1.82, 2.24) is 15.0 Å². The molecule has 2 rings (SSSR count). The summed E-state index contributed by atoms with van der Waals surface area (Å²) in [6.45, 7) is 4.80. The molecule has 0 aliphatic carbocycles. The third kappa shape index (κ3) is 3.77. The second-order valence-corrected chi connectivity index (χ2v) is 4.89. The van der Waals surface area contributed by atoms with E-state index in [4.69, 9.17) is 14.2 Å². The van der Waals surface area contributed by atoms with Crippen molar-refractivity contribution in [2.24, 2.45) is 5.92 Å². The minimum Gasteiger partial charge on any atom is -0.458 e. The zero-order valence-electron chi connectivity index (χ0n) is 12.0. The van der Waals surface area contributed by atoms with Gasteiger partial charge in [0.2, 0.25) is 0 Å². The summed E-state index contributed by atoms with van der Waals surface area (Å²) >= 11 is 0. The van der Waals surface area contributed by atoms with Crippen LogP contribution in [0.1, 0.15) is 29.0 Å². The third-order valence-electron chi connectivity index (χ3n) is 3.47. The standard InChI is InChI=1S/C13H21N3O4/c1-10-12(13(17)20-8-7-18-2)14-15-16(10)9-11-3-5-19-6-4-11/h11H,3-9H2,1-2H3. The van der Waals surface area contributed by atoms with Gasteiger partial charge in [0.05, 0.1) is 12.3 Å². The predicted octanol–water partition coefficient (Wildman–Crippen LogP) is 0.816. The number of ether oxygens (including phenoxy) is 3. The molecule has 20 heavy (non-hydrogen) atoms. The monoisotopic (exact) mass is 283 g/mol. The van der Waals surface area contributed by atoms with E-state index in [9.17, 15) is 4.79 Å². The normalized spacial score (nSPS) is 16.3. The lowest BCUT2D eigenvalue weighted by Gasteiger charge is -2.21. The van der Waals surface area contributed by atoms with Crippen molar-refractivity contribution >= 4 is 5.97 Å². The number of esters is 1. The summed E-state index contributed by atoms with van der Waals surface area (Å²) in [6.07, 6.45) is 2.04. The van der Waals surface area contributed by atoms with E-state index in [0.29, 0.717) is 12.5 Å². The number of nitrogens with zero attached hydrogens (tertiary/aromatic N) is 3. The highest BCUT2D eigenvalue weighted by atomic mass is 16.6. The number of hydrogen-bond donors (Lipinski definition) is 0. The van der Waals surface area contributed by atoms with Crippen molar-refractivity contribution in [3.05, 3.63) is 11.4 Å². The van der Waals surface area contributed by atoms with Crippen LogP contribution in [0.3, 0.4) is 0 Å². The zero-order chi connectivity index (χ0) is 14.4. The zero-order valence-corrected chi connectivity index (χ0v) is 12.0. The van der Waals surface area contributed by atoms with E-state index in [-0.39, 0.29) is 12.3 Å². The summed E-state index contributed by atoms with van der Waals surface area (Å²) in [4.78, 5) is 11.8. The molecule has 0 unspecified atom stereocenters. The number of methoxy groups -OCH3 is 1. The van der Waals surface area contributed by atoms with Gasteiger partial charge in [0.1, 0.15) is 6.61 Å². The first kappa shape index (κ1) is 14.9. The minimum atomic E-state index is -0.447. The Labute approximate surface area is 118 Å². The van der Waals surface area contributed by atoms with Gasteiger partial charge in [-0.25, -0.2) is 9.48 Å².